The molecule has 0 bridgehead atoms. The Bertz CT molecular complexity index is 659. The van der Waals surface area contributed by atoms with Crippen LogP contribution in [0.3, 0.4) is 0 Å². The largest absolute Gasteiger partial charge is 0.396 e. The highest BCUT2D eigenvalue weighted by molar-refractivity contribution is 8.00. The second-order valence-electron chi connectivity index (χ2n) is 6.10. The number of benzene rings is 2. The van der Waals surface area contributed by atoms with Crippen LogP contribution in [-0.4, -0.2) is 28.6 Å². The van der Waals surface area contributed by atoms with E-state index in [2.05, 4.69) is 35.6 Å². The molecule has 0 radical (unpaired) electrons. The number of carbonyl (C=O) groups is 1. The first kappa shape index (κ1) is 17.8. The Labute approximate surface area is 142 Å². The molecule has 3 nitrogen and oxygen atoms in total. The molecule has 0 saturated carbocycles. The van der Waals surface area contributed by atoms with Crippen LogP contribution in [0.4, 0.5) is 0 Å². The van der Waals surface area contributed by atoms with E-state index in [0.717, 1.165) is 11.3 Å². The summed E-state index contributed by atoms with van der Waals surface area (Å²) in [5.74, 6) is 1.05. The Hall–Kier alpha value is -1.52. The molecular weight excluding hydrogens is 306 g/mol. The third-order valence-electron chi connectivity index (χ3n) is 3.94. The van der Waals surface area contributed by atoms with Crippen molar-refractivity contribution in [3.8, 4) is 0 Å². The number of thioether (sulfide) groups is 1. The lowest BCUT2D eigenvalue weighted by atomic mass is 10.0. The van der Waals surface area contributed by atoms with Crippen LogP contribution < -0.4 is 5.32 Å². The van der Waals surface area contributed by atoms with Crippen LogP contribution in [0.15, 0.2) is 42.5 Å². The number of aliphatic hydroxyl groups is 1. The van der Waals surface area contributed by atoms with E-state index in [-0.39, 0.29) is 29.7 Å². The van der Waals surface area contributed by atoms with E-state index in [9.17, 15) is 4.79 Å². The molecule has 0 aliphatic heterocycles. The molecular formula is C19H25NO2S. The molecule has 4 heteroatoms. The monoisotopic (exact) mass is 331 g/mol. The average Bonchev–Trinajstić information content (AvgIpc) is 2.58. The number of hydrogen-bond acceptors (Lipinski definition) is 3. The number of nitrogens with one attached hydrogen (secondary N) is 1. The van der Waals surface area contributed by atoms with E-state index in [0.29, 0.717) is 0 Å². The van der Waals surface area contributed by atoms with Gasteiger partial charge in [-0.1, -0.05) is 43.3 Å². The zero-order valence-electron chi connectivity index (χ0n) is 14.0. The maximum absolute atomic E-state index is 12.3. The molecule has 124 valence electrons. The smallest absolute Gasteiger partial charge is 0.233 e. The highest BCUT2D eigenvalue weighted by atomic mass is 32.2. The van der Waals surface area contributed by atoms with E-state index in [1.54, 1.807) is 11.8 Å². The molecule has 3 atom stereocenters. The average molecular weight is 331 g/mol. The first-order valence-electron chi connectivity index (χ1n) is 8.02. The van der Waals surface area contributed by atoms with Gasteiger partial charge < -0.3 is 10.4 Å². The summed E-state index contributed by atoms with van der Waals surface area (Å²) in [4.78, 5) is 12.3. The van der Waals surface area contributed by atoms with Crippen molar-refractivity contribution >= 4 is 28.4 Å². The Morgan fingerprint density at radius 2 is 1.83 bits per heavy atom. The summed E-state index contributed by atoms with van der Waals surface area (Å²) >= 11 is 1.58. The first-order valence-corrected chi connectivity index (χ1v) is 9.07. The van der Waals surface area contributed by atoms with Gasteiger partial charge in [0.1, 0.15) is 0 Å². The summed E-state index contributed by atoms with van der Waals surface area (Å²) in [6.45, 7) is 6.07. The first-order chi connectivity index (χ1) is 11.0. The van der Waals surface area contributed by atoms with Crippen LogP contribution in [0.5, 0.6) is 0 Å². The molecule has 0 aliphatic rings. The standard InChI is InChI=1S/C19H25NO2S/c1-13(11-21)12-23-15(3)19(22)20-14(2)17-9-8-16-6-4-5-7-18(16)10-17/h4-10,13-15,21H,11-12H2,1-3H3,(H,20,22). The van der Waals surface area contributed by atoms with Gasteiger partial charge in [0.05, 0.1) is 11.3 Å². The highest BCUT2D eigenvalue weighted by Crippen LogP contribution is 2.21. The third-order valence-corrected chi connectivity index (χ3v) is 5.42. The fourth-order valence-electron chi connectivity index (χ4n) is 2.33. The van der Waals surface area contributed by atoms with Crippen molar-refractivity contribution in [2.75, 3.05) is 12.4 Å². The SMILES string of the molecule is CC(CO)CSC(C)C(=O)NC(C)c1ccc2ccccc2c1. The van der Waals surface area contributed by atoms with Gasteiger partial charge in [0.2, 0.25) is 5.91 Å². The summed E-state index contributed by atoms with van der Waals surface area (Å²) < 4.78 is 0. The molecule has 23 heavy (non-hydrogen) atoms. The number of rotatable bonds is 7. The van der Waals surface area contributed by atoms with Gasteiger partial charge in [0.15, 0.2) is 0 Å². The molecule has 0 saturated heterocycles. The quantitative estimate of drug-likeness (QED) is 0.812. The maximum atomic E-state index is 12.3. The molecule has 0 aliphatic carbocycles. The number of carbonyl (C=O) groups excluding carboxylic acids is 1. The van der Waals surface area contributed by atoms with E-state index < -0.39 is 0 Å². The summed E-state index contributed by atoms with van der Waals surface area (Å²) in [6.07, 6.45) is 0. The Kier molecular flexibility index (Phi) is 6.48. The molecule has 2 aromatic rings. The van der Waals surface area contributed by atoms with Crippen LogP contribution in [0.1, 0.15) is 32.4 Å². The van der Waals surface area contributed by atoms with E-state index in [1.165, 1.54) is 10.8 Å². The van der Waals surface area contributed by atoms with E-state index in [1.807, 2.05) is 32.9 Å². The van der Waals surface area contributed by atoms with Gasteiger partial charge in [-0.25, -0.2) is 0 Å². The Morgan fingerprint density at radius 3 is 2.52 bits per heavy atom. The lowest BCUT2D eigenvalue weighted by Gasteiger charge is -2.19. The van der Waals surface area contributed by atoms with Crippen molar-refractivity contribution in [3.05, 3.63) is 48.0 Å². The van der Waals surface area contributed by atoms with Gasteiger partial charge in [0.25, 0.3) is 0 Å². The van der Waals surface area contributed by atoms with Crippen LogP contribution in [0.2, 0.25) is 0 Å². The van der Waals surface area contributed by atoms with Gasteiger partial charge in [-0.2, -0.15) is 0 Å². The van der Waals surface area contributed by atoms with Crippen LogP contribution in [0, 0.1) is 5.92 Å². The summed E-state index contributed by atoms with van der Waals surface area (Å²) in [5, 5.41) is 14.4. The van der Waals surface area contributed by atoms with Gasteiger partial charge in [-0.15, -0.1) is 11.8 Å². The van der Waals surface area contributed by atoms with Crippen LogP contribution in [0.25, 0.3) is 10.8 Å². The highest BCUT2D eigenvalue weighted by Gasteiger charge is 2.17. The minimum atomic E-state index is -0.119. The molecule has 2 N–H and O–H groups in total. The van der Waals surface area contributed by atoms with Gasteiger partial charge >= 0.3 is 0 Å². The molecule has 0 heterocycles. The minimum Gasteiger partial charge on any atom is -0.396 e. The predicted molar refractivity (Wildman–Crippen MR) is 98.7 cm³/mol. The molecule has 2 rings (SSSR count). The fourth-order valence-corrected chi connectivity index (χ4v) is 3.27. The van der Waals surface area contributed by atoms with Crippen molar-refractivity contribution in [1.82, 2.24) is 5.32 Å². The van der Waals surface area contributed by atoms with Crippen molar-refractivity contribution < 1.29 is 9.90 Å². The number of fused-ring (bicyclic) bond motifs is 1. The minimum absolute atomic E-state index is 0.0228. The summed E-state index contributed by atoms with van der Waals surface area (Å²) in [7, 11) is 0. The van der Waals surface area contributed by atoms with Gasteiger partial charge in [0, 0.05) is 6.61 Å². The van der Waals surface area contributed by atoms with Gasteiger partial charge in [-0.05, 0) is 47.9 Å². The molecule has 3 unspecified atom stereocenters. The number of aliphatic hydroxyl groups excluding tert-OH is 1. The molecule has 0 aromatic heterocycles. The van der Waals surface area contributed by atoms with Crippen molar-refractivity contribution in [1.29, 1.82) is 0 Å². The predicted octanol–water partition coefficient (Wildman–Crippen LogP) is 3.77. The van der Waals surface area contributed by atoms with Crippen molar-refractivity contribution in [2.45, 2.75) is 32.1 Å². The van der Waals surface area contributed by atoms with Crippen molar-refractivity contribution in [2.24, 2.45) is 5.92 Å². The Balaban J connectivity index is 1.96. The van der Waals surface area contributed by atoms with E-state index in [4.69, 9.17) is 5.11 Å². The summed E-state index contributed by atoms with van der Waals surface area (Å²) in [6, 6.07) is 14.5. The molecule has 0 spiro atoms. The molecule has 1 amide bonds. The Morgan fingerprint density at radius 1 is 1.13 bits per heavy atom. The molecule has 0 fully saturated rings. The summed E-state index contributed by atoms with van der Waals surface area (Å²) in [5.41, 5.74) is 1.11. The van der Waals surface area contributed by atoms with E-state index >= 15 is 0 Å². The van der Waals surface area contributed by atoms with Crippen molar-refractivity contribution in [3.63, 3.8) is 0 Å². The lowest BCUT2D eigenvalue weighted by Crippen LogP contribution is -2.33. The number of amides is 1. The second kappa shape index (κ2) is 8.37. The van der Waals surface area contributed by atoms with Crippen LogP contribution in [-0.2, 0) is 4.79 Å². The fraction of sp³-hybridized carbons (Fsp3) is 0.421. The van der Waals surface area contributed by atoms with Gasteiger partial charge in [-0.3, -0.25) is 4.79 Å². The zero-order chi connectivity index (χ0) is 16.8. The topological polar surface area (TPSA) is 49.3 Å². The second-order valence-corrected chi connectivity index (χ2v) is 7.47. The zero-order valence-corrected chi connectivity index (χ0v) is 14.8. The normalized spacial score (nSPS) is 15.1. The number of hydrogen-bond donors (Lipinski definition) is 2. The van der Waals surface area contributed by atoms with Crippen LogP contribution >= 0.6 is 11.8 Å². The maximum Gasteiger partial charge on any atom is 0.233 e. The molecule has 2 aromatic carbocycles. The third kappa shape index (κ3) is 4.98. The lowest BCUT2D eigenvalue weighted by molar-refractivity contribution is -0.120.